The first kappa shape index (κ1) is 10.9. The fourth-order valence-corrected chi connectivity index (χ4v) is 1.87. The third-order valence-electron chi connectivity index (χ3n) is 2.80. The van der Waals surface area contributed by atoms with Crippen LogP contribution >= 0.6 is 0 Å². The molecule has 1 saturated heterocycles. The topological polar surface area (TPSA) is 76.2 Å². The minimum Gasteiger partial charge on any atom is -0.344 e. The zero-order valence-electron chi connectivity index (χ0n) is 9.38. The predicted octanol–water partition coefficient (Wildman–Crippen LogP) is 0.126. The molecule has 2 rings (SSSR count). The van der Waals surface area contributed by atoms with E-state index in [1.54, 1.807) is 7.05 Å². The second-order valence-electron chi connectivity index (χ2n) is 3.87. The molecule has 1 aliphatic heterocycles. The zero-order valence-corrected chi connectivity index (χ0v) is 9.38. The SMILES string of the molecule is CCN(c1nn(C)cc1[N+](=O)[O-])C1CNC1. The number of anilines is 1. The molecule has 16 heavy (non-hydrogen) atoms. The lowest BCUT2D eigenvalue weighted by Gasteiger charge is -2.37. The number of aromatic nitrogens is 2. The lowest BCUT2D eigenvalue weighted by atomic mass is 10.1. The Morgan fingerprint density at radius 2 is 2.44 bits per heavy atom. The molecule has 0 atom stereocenters. The van der Waals surface area contributed by atoms with Gasteiger partial charge in [-0.15, -0.1) is 5.10 Å². The highest BCUT2D eigenvalue weighted by Gasteiger charge is 2.31. The van der Waals surface area contributed by atoms with E-state index in [0.717, 1.165) is 19.6 Å². The molecule has 0 bridgehead atoms. The summed E-state index contributed by atoms with van der Waals surface area (Å²) in [6.45, 7) is 4.43. The van der Waals surface area contributed by atoms with Crippen molar-refractivity contribution in [1.82, 2.24) is 15.1 Å². The summed E-state index contributed by atoms with van der Waals surface area (Å²) in [5, 5.41) is 18.2. The van der Waals surface area contributed by atoms with Crippen molar-refractivity contribution in [3.63, 3.8) is 0 Å². The van der Waals surface area contributed by atoms with Crippen molar-refractivity contribution in [2.24, 2.45) is 7.05 Å². The molecule has 7 heteroatoms. The van der Waals surface area contributed by atoms with Gasteiger partial charge in [0.05, 0.1) is 11.0 Å². The van der Waals surface area contributed by atoms with E-state index in [1.807, 2.05) is 11.8 Å². The van der Waals surface area contributed by atoms with Gasteiger partial charge in [-0.25, -0.2) is 0 Å². The van der Waals surface area contributed by atoms with Gasteiger partial charge in [0.25, 0.3) is 0 Å². The fraction of sp³-hybridized carbons (Fsp3) is 0.667. The summed E-state index contributed by atoms with van der Waals surface area (Å²) in [6, 6.07) is 0.318. The first-order chi connectivity index (χ1) is 7.63. The van der Waals surface area contributed by atoms with E-state index in [1.165, 1.54) is 10.9 Å². The summed E-state index contributed by atoms with van der Waals surface area (Å²) in [5.41, 5.74) is 0.0799. The molecule has 0 saturated carbocycles. The number of nitrogens with one attached hydrogen (secondary N) is 1. The largest absolute Gasteiger partial charge is 0.344 e. The quantitative estimate of drug-likeness (QED) is 0.582. The summed E-state index contributed by atoms with van der Waals surface area (Å²) >= 11 is 0. The van der Waals surface area contributed by atoms with Crippen molar-refractivity contribution in [2.75, 3.05) is 24.5 Å². The van der Waals surface area contributed by atoms with Crippen molar-refractivity contribution in [1.29, 1.82) is 0 Å². The van der Waals surface area contributed by atoms with Crippen LogP contribution in [0.2, 0.25) is 0 Å². The average Bonchev–Trinajstić information content (AvgIpc) is 2.53. The second-order valence-corrected chi connectivity index (χ2v) is 3.87. The Labute approximate surface area is 93.2 Å². The van der Waals surface area contributed by atoms with Gasteiger partial charge in [0.2, 0.25) is 5.82 Å². The number of rotatable bonds is 4. The zero-order chi connectivity index (χ0) is 11.7. The maximum absolute atomic E-state index is 10.9. The van der Waals surface area contributed by atoms with Gasteiger partial charge in [0.1, 0.15) is 6.20 Å². The van der Waals surface area contributed by atoms with Gasteiger partial charge < -0.3 is 10.2 Å². The van der Waals surface area contributed by atoms with Gasteiger partial charge in [0, 0.05) is 26.7 Å². The highest BCUT2D eigenvalue weighted by molar-refractivity contribution is 5.57. The first-order valence-electron chi connectivity index (χ1n) is 5.29. The van der Waals surface area contributed by atoms with Gasteiger partial charge in [-0.05, 0) is 6.92 Å². The van der Waals surface area contributed by atoms with Crippen LogP contribution in [0.5, 0.6) is 0 Å². The Morgan fingerprint density at radius 3 is 2.88 bits per heavy atom. The molecule has 1 aliphatic rings. The molecule has 0 aliphatic carbocycles. The maximum atomic E-state index is 10.9. The molecule has 1 fully saturated rings. The van der Waals surface area contributed by atoms with E-state index < -0.39 is 0 Å². The molecule has 0 aromatic carbocycles. The van der Waals surface area contributed by atoms with Gasteiger partial charge >= 0.3 is 5.69 Å². The monoisotopic (exact) mass is 225 g/mol. The number of aryl methyl sites for hydroxylation is 1. The molecule has 0 spiro atoms. The Balaban J connectivity index is 2.32. The minimum absolute atomic E-state index is 0.0799. The summed E-state index contributed by atoms with van der Waals surface area (Å²) in [7, 11) is 1.70. The van der Waals surface area contributed by atoms with Gasteiger partial charge in [-0.1, -0.05) is 0 Å². The number of hydrogen-bond donors (Lipinski definition) is 1. The number of nitro groups is 1. The molecule has 88 valence electrons. The van der Waals surface area contributed by atoms with Crippen molar-refractivity contribution < 1.29 is 4.92 Å². The van der Waals surface area contributed by atoms with Crippen LogP contribution < -0.4 is 10.2 Å². The molecule has 1 N–H and O–H groups in total. The van der Waals surface area contributed by atoms with Crippen LogP contribution in [0.4, 0.5) is 11.5 Å². The molecule has 2 heterocycles. The van der Waals surface area contributed by atoms with Crippen LogP contribution in [-0.4, -0.2) is 40.4 Å². The Bertz CT molecular complexity index is 399. The molecular weight excluding hydrogens is 210 g/mol. The minimum atomic E-state index is -0.378. The summed E-state index contributed by atoms with van der Waals surface area (Å²) in [5.74, 6) is 0.474. The van der Waals surface area contributed by atoms with Gasteiger partial charge in [-0.3, -0.25) is 14.8 Å². The second kappa shape index (κ2) is 4.09. The third kappa shape index (κ3) is 1.73. The predicted molar refractivity (Wildman–Crippen MR) is 59.5 cm³/mol. The van der Waals surface area contributed by atoms with Crippen LogP contribution in [0, 0.1) is 10.1 Å². The number of nitrogens with zero attached hydrogens (tertiary/aromatic N) is 4. The van der Waals surface area contributed by atoms with Crippen LogP contribution in [0.1, 0.15) is 6.92 Å². The average molecular weight is 225 g/mol. The first-order valence-corrected chi connectivity index (χ1v) is 5.29. The van der Waals surface area contributed by atoms with E-state index in [0.29, 0.717) is 11.9 Å². The van der Waals surface area contributed by atoms with E-state index in [4.69, 9.17) is 0 Å². The molecule has 0 amide bonds. The maximum Gasteiger partial charge on any atom is 0.330 e. The van der Waals surface area contributed by atoms with Crippen molar-refractivity contribution in [3.8, 4) is 0 Å². The third-order valence-corrected chi connectivity index (χ3v) is 2.80. The smallest absolute Gasteiger partial charge is 0.330 e. The van der Waals surface area contributed by atoms with E-state index in [2.05, 4.69) is 10.4 Å². The molecule has 1 aromatic rings. The van der Waals surface area contributed by atoms with Crippen LogP contribution in [-0.2, 0) is 7.05 Å². The number of likely N-dealkylation sites (N-methyl/N-ethyl adjacent to an activating group) is 1. The molecular formula is C9H15N5O2. The molecule has 0 unspecified atom stereocenters. The number of hydrogen-bond acceptors (Lipinski definition) is 5. The fourth-order valence-electron chi connectivity index (χ4n) is 1.87. The Hall–Kier alpha value is -1.63. The van der Waals surface area contributed by atoms with Crippen LogP contribution in [0.25, 0.3) is 0 Å². The molecule has 1 aromatic heterocycles. The highest BCUT2D eigenvalue weighted by atomic mass is 16.6. The normalized spacial score (nSPS) is 15.9. The molecule has 7 nitrogen and oxygen atoms in total. The van der Waals surface area contributed by atoms with Crippen molar-refractivity contribution >= 4 is 11.5 Å². The summed E-state index contributed by atoms with van der Waals surface area (Å²) < 4.78 is 1.49. The van der Waals surface area contributed by atoms with Gasteiger partial charge in [0.15, 0.2) is 0 Å². The lowest BCUT2D eigenvalue weighted by molar-refractivity contribution is -0.384. The van der Waals surface area contributed by atoms with Crippen molar-refractivity contribution in [3.05, 3.63) is 16.3 Å². The summed E-state index contributed by atoms with van der Waals surface area (Å²) in [6.07, 6.45) is 1.45. The van der Waals surface area contributed by atoms with E-state index in [-0.39, 0.29) is 10.6 Å². The Kier molecular flexibility index (Phi) is 2.78. The molecule has 0 radical (unpaired) electrons. The lowest BCUT2D eigenvalue weighted by Crippen LogP contribution is -2.57. The van der Waals surface area contributed by atoms with E-state index >= 15 is 0 Å². The standard InChI is InChI=1S/C9H15N5O2/c1-3-13(7-4-10-5-7)9-8(14(15)16)6-12(2)11-9/h6-7,10H,3-5H2,1-2H3. The van der Waals surface area contributed by atoms with Crippen LogP contribution in [0.15, 0.2) is 6.20 Å². The van der Waals surface area contributed by atoms with Gasteiger partial charge in [-0.2, -0.15) is 0 Å². The van der Waals surface area contributed by atoms with Crippen LogP contribution in [0.3, 0.4) is 0 Å². The van der Waals surface area contributed by atoms with E-state index in [9.17, 15) is 10.1 Å². The Morgan fingerprint density at radius 1 is 1.75 bits per heavy atom. The highest BCUT2D eigenvalue weighted by Crippen LogP contribution is 2.27. The summed E-state index contributed by atoms with van der Waals surface area (Å²) in [4.78, 5) is 12.5. The van der Waals surface area contributed by atoms with Crippen molar-refractivity contribution in [2.45, 2.75) is 13.0 Å².